The third-order valence-electron chi connectivity index (χ3n) is 8.93. The van der Waals surface area contributed by atoms with Crippen molar-refractivity contribution < 1.29 is 27.8 Å². The number of hydrogen-bond donors (Lipinski definition) is 0. The first-order valence-electron chi connectivity index (χ1n) is 16.2. The van der Waals surface area contributed by atoms with E-state index in [1.165, 1.54) is 11.1 Å². The van der Waals surface area contributed by atoms with Crippen LogP contribution in [0.15, 0.2) is 24.3 Å². The van der Waals surface area contributed by atoms with Crippen molar-refractivity contribution >= 4 is 11.9 Å². The molecule has 0 heterocycles. The normalized spacial score (nSPS) is 24.7. The van der Waals surface area contributed by atoms with E-state index in [0.29, 0.717) is 11.8 Å². The molecule has 0 aromatic heterocycles. The Morgan fingerprint density at radius 1 is 0.625 bits per heavy atom. The standard InChI is InChI=1S/C34H52F2O4/c1-3-5-7-9-11-31(35)33(37)39-29-21-17-27(18-22-29)25-13-15-26(16-14-25)28-19-23-30(24-20-28)40-34(38)32(36)12-10-8-6-4-2/h13-16,27-32H,3-12,17-24H2,1-2H3/t27-,28-,29-,30-,31-,32-/m0/s1. The Morgan fingerprint density at radius 3 is 1.30 bits per heavy atom. The zero-order chi connectivity index (χ0) is 28.7. The zero-order valence-electron chi connectivity index (χ0n) is 24.9. The van der Waals surface area contributed by atoms with Crippen molar-refractivity contribution in [2.45, 2.75) is 166 Å². The van der Waals surface area contributed by atoms with E-state index >= 15 is 0 Å². The van der Waals surface area contributed by atoms with E-state index in [1.807, 2.05) is 0 Å². The highest BCUT2D eigenvalue weighted by atomic mass is 19.1. The number of alkyl halides is 2. The number of benzene rings is 1. The number of hydrogen-bond acceptors (Lipinski definition) is 4. The topological polar surface area (TPSA) is 52.6 Å². The molecule has 4 nitrogen and oxygen atoms in total. The fourth-order valence-electron chi connectivity index (χ4n) is 6.28. The van der Waals surface area contributed by atoms with Crippen LogP contribution in [-0.4, -0.2) is 36.5 Å². The Labute approximate surface area is 241 Å². The highest BCUT2D eigenvalue weighted by Gasteiger charge is 2.30. The number of carbonyl (C=O) groups excluding carboxylic acids is 2. The number of halogens is 2. The number of carbonyl (C=O) groups is 2. The Bertz CT molecular complexity index is 786. The zero-order valence-corrected chi connectivity index (χ0v) is 24.9. The minimum Gasteiger partial charge on any atom is -0.460 e. The van der Waals surface area contributed by atoms with Crippen LogP contribution in [0.3, 0.4) is 0 Å². The van der Waals surface area contributed by atoms with Gasteiger partial charge in [0.25, 0.3) is 0 Å². The van der Waals surface area contributed by atoms with Crippen molar-refractivity contribution in [2.24, 2.45) is 0 Å². The van der Waals surface area contributed by atoms with Gasteiger partial charge in [-0.2, -0.15) is 0 Å². The molecule has 0 unspecified atom stereocenters. The van der Waals surface area contributed by atoms with Crippen LogP contribution in [0, 0.1) is 0 Å². The first kappa shape index (κ1) is 32.5. The van der Waals surface area contributed by atoms with Gasteiger partial charge >= 0.3 is 11.9 Å². The van der Waals surface area contributed by atoms with Crippen molar-refractivity contribution in [2.75, 3.05) is 0 Å². The largest absolute Gasteiger partial charge is 0.460 e. The van der Waals surface area contributed by atoms with E-state index in [-0.39, 0.29) is 25.0 Å². The molecule has 1 aromatic rings. The smallest absolute Gasteiger partial charge is 0.340 e. The van der Waals surface area contributed by atoms with Gasteiger partial charge in [-0.3, -0.25) is 0 Å². The summed E-state index contributed by atoms with van der Waals surface area (Å²) in [5.74, 6) is -0.489. The lowest BCUT2D eigenvalue weighted by atomic mass is 9.80. The lowest BCUT2D eigenvalue weighted by molar-refractivity contribution is -0.157. The Hall–Kier alpha value is -1.98. The summed E-state index contributed by atoms with van der Waals surface area (Å²) in [5.41, 5.74) is 2.62. The average molecular weight is 563 g/mol. The lowest BCUT2D eigenvalue weighted by Gasteiger charge is -2.30. The molecule has 0 amide bonds. The molecule has 2 saturated carbocycles. The third-order valence-corrected chi connectivity index (χ3v) is 8.93. The summed E-state index contributed by atoms with van der Waals surface area (Å²) in [5, 5.41) is 0. The van der Waals surface area contributed by atoms with Gasteiger partial charge in [0.05, 0.1) is 0 Å². The van der Waals surface area contributed by atoms with Crippen LogP contribution in [0.2, 0.25) is 0 Å². The van der Waals surface area contributed by atoms with Crippen molar-refractivity contribution in [1.29, 1.82) is 0 Å². The summed E-state index contributed by atoms with van der Waals surface area (Å²) in [6.45, 7) is 4.22. The van der Waals surface area contributed by atoms with Crippen LogP contribution in [0.1, 0.15) is 152 Å². The lowest BCUT2D eigenvalue weighted by Crippen LogP contribution is -2.28. The van der Waals surface area contributed by atoms with Crippen molar-refractivity contribution in [3.8, 4) is 0 Å². The van der Waals surface area contributed by atoms with Gasteiger partial charge in [0.1, 0.15) is 12.2 Å². The molecule has 40 heavy (non-hydrogen) atoms. The Balaban J connectivity index is 1.35. The van der Waals surface area contributed by atoms with Gasteiger partial charge in [-0.1, -0.05) is 76.6 Å². The Kier molecular flexibility index (Phi) is 14.4. The van der Waals surface area contributed by atoms with Crippen molar-refractivity contribution in [1.82, 2.24) is 0 Å². The number of rotatable bonds is 16. The molecule has 0 spiro atoms. The summed E-state index contributed by atoms with van der Waals surface area (Å²) in [4.78, 5) is 24.3. The van der Waals surface area contributed by atoms with Crippen molar-refractivity contribution in [3.63, 3.8) is 0 Å². The second kappa shape index (κ2) is 17.7. The second-order valence-corrected chi connectivity index (χ2v) is 12.1. The second-order valence-electron chi connectivity index (χ2n) is 12.1. The van der Waals surface area contributed by atoms with Crippen LogP contribution in [-0.2, 0) is 19.1 Å². The van der Waals surface area contributed by atoms with Crippen molar-refractivity contribution in [3.05, 3.63) is 35.4 Å². The van der Waals surface area contributed by atoms with E-state index in [2.05, 4.69) is 38.1 Å². The number of esters is 2. The molecule has 2 fully saturated rings. The van der Waals surface area contributed by atoms with Gasteiger partial charge in [-0.15, -0.1) is 0 Å². The van der Waals surface area contributed by atoms with Gasteiger partial charge in [0.15, 0.2) is 12.3 Å². The molecule has 0 bridgehead atoms. The molecule has 2 atom stereocenters. The molecule has 0 radical (unpaired) electrons. The van der Waals surface area contributed by atoms with Gasteiger partial charge in [0, 0.05) is 0 Å². The molecular weight excluding hydrogens is 510 g/mol. The summed E-state index contributed by atoms with van der Waals surface area (Å²) in [6, 6.07) is 8.88. The SMILES string of the molecule is CCCCCC[C@H](F)C(=O)O[C@H]1CC[C@H](c2ccc([C@H]3CC[C@H](OC(=O)[C@@H](F)CCCCCC)CC3)cc2)CC1. The van der Waals surface area contributed by atoms with E-state index in [9.17, 15) is 18.4 Å². The van der Waals surface area contributed by atoms with Crippen LogP contribution in [0.4, 0.5) is 8.78 Å². The molecule has 226 valence electrons. The van der Waals surface area contributed by atoms with Gasteiger partial charge in [-0.05, 0) is 100 Å². The molecule has 1 aromatic carbocycles. The first-order chi connectivity index (χ1) is 19.4. The monoisotopic (exact) mass is 562 g/mol. The fourth-order valence-corrected chi connectivity index (χ4v) is 6.28. The summed E-state index contributed by atoms with van der Waals surface area (Å²) in [6.07, 6.45) is 11.8. The van der Waals surface area contributed by atoms with E-state index in [4.69, 9.17) is 9.47 Å². The maximum Gasteiger partial charge on any atom is 0.340 e. The third kappa shape index (κ3) is 10.8. The van der Waals surface area contributed by atoms with Crippen LogP contribution >= 0.6 is 0 Å². The molecule has 0 N–H and O–H groups in total. The van der Waals surface area contributed by atoms with E-state index in [0.717, 1.165) is 103 Å². The maximum atomic E-state index is 14.2. The van der Waals surface area contributed by atoms with Gasteiger partial charge < -0.3 is 9.47 Å². The summed E-state index contributed by atoms with van der Waals surface area (Å²) < 4.78 is 39.3. The van der Waals surface area contributed by atoms with Crippen LogP contribution in [0.5, 0.6) is 0 Å². The summed E-state index contributed by atoms with van der Waals surface area (Å²) in [7, 11) is 0. The fraction of sp³-hybridized carbons (Fsp3) is 0.765. The number of ether oxygens (including phenoxy) is 2. The highest BCUT2D eigenvalue weighted by molar-refractivity contribution is 5.75. The molecule has 0 saturated heterocycles. The predicted molar refractivity (Wildman–Crippen MR) is 156 cm³/mol. The van der Waals surface area contributed by atoms with Gasteiger partial charge in [0.2, 0.25) is 0 Å². The van der Waals surface area contributed by atoms with Gasteiger partial charge in [-0.25, -0.2) is 18.4 Å². The molecule has 2 aliphatic carbocycles. The van der Waals surface area contributed by atoms with Crippen LogP contribution < -0.4 is 0 Å². The predicted octanol–water partition coefficient (Wildman–Crippen LogP) is 9.44. The molecule has 0 aliphatic heterocycles. The minimum absolute atomic E-state index is 0.171. The molecular formula is C34H52F2O4. The Morgan fingerprint density at radius 2 is 0.975 bits per heavy atom. The quantitative estimate of drug-likeness (QED) is 0.149. The summed E-state index contributed by atoms with van der Waals surface area (Å²) >= 11 is 0. The number of unbranched alkanes of at least 4 members (excludes halogenated alkanes) is 6. The molecule has 6 heteroatoms. The highest BCUT2D eigenvalue weighted by Crippen LogP contribution is 2.37. The molecule has 2 aliphatic rings. The van der Waals surface area contributed by atoms with E-state index < -0.39 is 24.3 Å². The average Bonchev–Trinajstić information content (AvgIpc) is 2.98. The minimum atomic E-state index is -1.50. The van der Waals surface area contributed by atoms with E-state index in [1.54, 1.807) is 0 Å². The maximum absolute atomic E-state index is 14.2. The molecule has 3 rings (SSSR count). The first-order valence-corrected chi connectivity index (χ1v) is 16.2. The van der Waals surface area contributed by atoms with Crippen LogP contribution in [0.25, 0.3) is 0 Å².